The van der Waals surface area contributed by atoms with E-state index in [4.69, 9.17) is 5.73 Å². The standard InChI is InChI=1S/C14H17N3O/c15-7-3-4-11-8-12(10-16-9-11)14(18)17-13-5-1-2-6-13/h8-10,13H,1-2,5-7,15H2,(H,17,18). The van der Waals surface area contributed by atoms with Crippen LogP contribution in [0.5, 0.6) is 0 Å². The molecule has 94 valence electrons. The van der Waals surface area contributed by atoms with Crippen molar-refractivity contribution in [1.29, 1.82) is 0 Å². The average molecular weight is 243 g/mol. The van der Waals surface area contributed by atoms with Crippen molar-refractivity contribution in [2.75, 3.05) is 6.54 Å². The van der Waals surface area contributed by atoms with Gasteiger partial charge in [0, 0.05) is 24.0 Å². The molecule has 1 aliphatic carbocycles. The highest BCUT2D eigenvalue weighted by Crippen LogP contribution is 2.18. The number of hydrogen-bond donors (Lipinski definition) is 2. The first-order valence-electron chi connectivity index (χ1n) is 6.24. The van der Waals surface area contributed by atoms with Crippen LogP contribution in [0.15, 0.2) is 18.5 Å². The summed E-state index contributed by atoms with van der Waals surface area (Å²) in [7, 11) is 0. The number of carbonyl (C=O) groups is 1. The van der Waals surface area contributed by atoms with Gasteiger partial charge in [0.1, 0.15) is 0 Å². The average Bonchev–Trinajstić information content (AvgIpc) is 2.89. The van der Waals surface area contributed by atoms with Gasteiger partial charge in [0.05, 0.1) is 12.1 Å². The van der Waals surface area contributed by atoms with E-state index in [0.29, 0.717) is 18.2 Å². The Bertz CT molecular complexity index is 481. The number of aromatic nitrogens is 1. The number of carbonyl (C=O) groups excluding carboxylic acids is 1. The zero-order valence-corrected chi connectivity index (χ0v) is 10.3. The summed E-state index contributed by atoms with van der Waals surface area (Å²) < 4.78 is 0. The summed E-state index contributed by atoms with van der Waals surface area (Å²) in [5.41, 5.74) is 6.59. The van der Waals surface area contributed by atoms with E-state index in [1.807, 2.05) is 0 Å². The SMILES string of the molecule is NCC#Cc1cncc(C(=O)NC2CCCC2)c1. The molecule has 1 aromatic heterocycles. The van der Waals surface area contributed by atoms with Gasteiger partial charge in [-0.05, 0) is 18.9 Å². The molecule has 1 saturated carbocycles. The lowest BCUT2D eigenvalue weighted by molar-refractivity contribution is 0.0937. The van der Waals surface area contributed by atoms with Crippen molar-refractivity contribution in [2.24, 2.45) is 5.73 Å². The summed E-state index contributed by atoms with van der Waals surface area (Å²) in [5, 5.41) is 3.03. The Hall–Kier alpha value is -1.86. The van der Waals surface area contributed by atoms with Gasteiger partial charge in [0.15, 0.2) is 0 Å². The molecule has 18 heavy (non-hydrogen) atoms. The normalized spacial score (nSPS) is 14.9. The maximum Gasteiger partial charge on any atom is 0.253 e. The second-order valence-electron chi connectivity index (χ2n) is 4.42. The third kappa shape index (κ3) is 3.31. The predicted octanol–water partition coefficient (Wildman–Crippen LogP) is 1.06. The van der Waals surface area contributed by atoms with Crippen LogP contribution in [0.2, 0.25) is 0 Å². The molecule has 4 heteroatoms. The number of hydrogen-bond acceptors (Lipinski definition) is 3. The van der Waals surface area contributed by atoms with E-state index < -0.39 is 0 Å². The van der Waals surface area contributed by atoms with Crippen LogP contribution in [-0.2, 0) is 0 Å². The third-order valence-corrected chi connectivity index (χ3v) is 3.03. The molecule has 0 saturated heterocycles. The van der Waals surface area contributed by atoms with Crippen LogP contribution >= 0.6 is 0 Å². The maximum atomic E-state index is 12.0. The second kappa shape index (κ2) is 6.18. The first kappa shape index (κ1) is 12.6. The Morgan fingerprint density at radius 1 is 1.44 bits per heavy atom. The Morgan fingerprint density at radius 3 is 2.94 bits per heavy atom. The van der Waals surface area contributed by atoms with Gasteiger partial charge < -0.3 is 11.1 Å². The van der Waals surface area contributed by atoms with Crippen molar-refractivity contribution in [3.8, 4) is 11.8 Å². The van der Waals surface area contributed by atoms with E-state index >= 15 is 0 Å². The van der Waals surface area contributed by atoms with Gasteiger partial charge >= 0.3 is 0 Å². The maximum absolute atomic E-state index is 12.0. The molecule has 1 aromatic rings. The fourth-order valence-corrected chi connectivity index (χ4v) is 2.12. The molecule has 0 unspecified atom stereocenters. The second-order valence-corrected chi connectivity index (χ2v) is 4.42. The van der Waals surface area contributed by atoms with E-state index in [1.54, 1.807) is 18.5 Å². The molecule has 1 heterocycles. The molecular formula is C14H17N3O. The summed E-state index contributed by atoms with van der Waals surface area (Å²) in [4.78, 5) is 16.0. The van der Waals surface area contributed by atoms with Crippen molar-refractivity contribution in [3.05, 3.63) is 29.6 Å². The number of pyridine rings is 1. The smallest absolute Gasteiger partial charge is 0.253 e. The molecule has 4 nitrogen and oxygen atoms in total. The van der Waals surface area contributed by atoms with Crippen LogP contribution < -0.4 is 11.1 Å². The van der Waals surface area contributed by atoms with Gasteiger partial charge in [-0.3, -0.25) is 9.78 Å². The quantitative estimate of drug-likeness (QED) is 0.763. The zero-order chi connectivity index (χ0) is 12.8. The molecule has 0 spiro atoms. The fraction of sp³-hybridized carbons (Fsp3) is 0.429. The minimum atomic E-state index is -0.0641. The van der Waals surface area contributed by atoms with Crippen molar-refractivity contribution in [3.63, 3.8) is 0 Å². The number of nitrogens with two attached hydrogens (primary N) is 1. The minimum Gasteiger partial charge on any atom is -0.349 e. The molecule has 0 aliphatic heterocycles. The van der Waals surface area contributed by atoms with Crippen LogP contribution in [0.25, 0.3) is 0 Å². The number of rotatable bonds is 2. The lowest BCUT2D eigenvalue weighted by Crippen LogP contribution is -2.32. The van der Waals surface area contributed by atoms with Crippen LogP contribution in [0, 0.1) is 11.8 Å². The van der Waals surface area contributed by atoms with E-state index in [0.717, 1.165) is 18.4 Å². The van der Waals surface area contributed by atoms with Gasteiger partial charge in [0.25, 0.3) is 5.91 Å². The number of nitrogens with zero attached hydrogens (tertiary/aromatic N) is 1. The predicted molar refractivity (Wildman–Crippen MR) is 69.9 cm³/mol. The first-order valence-corrected chi connectivity index (χ1v) is 6.24. The molecule has 1 amide bonds. The van der Waals surface area contributed by atoms with Crippen LogP contribution in [0.1, 0.15) is 41.6 Å². The number of nitrogens with one attached hydrogen (secondary N) is 1. The first-order chi connectivity index (χ1) is 8.79. The summed E-state index contributed by atoms with van der Waals surface area (Å²) >= 11 is 0. The van der Waals surface area contributed by atoms with Crippen LogP contribution in [0.3, 0.4) is 0 Å². The Morgan fingerprint density at radius 2 is 2.22 bits per heavy atom. The molecule has 1 aliphatic rings. The Kier molecular flexibility index (Phi) is 4.32. The minimum absolute atomic E-state index is 0.0641. The van der Waals surface area contributed by atoms with E-state index in [2.05, 4.69) is 22.1 Å². The molecule has 0 bridgehead atoms. The van der Waals surface area contributed by atoms with Crippen molar-refractivity contribution >= 4 is 5.91 Å². The lowest BCUT2D eigenvalue weighted by atomic mass is 10.1. The van der Waals surface area contributed by atoms with Gasteiger partial charge in [-0.15, -0.1) is 0 Å². The van der Waals surface area contributed by atoms with Gasteiger partial charge in [-0.1, -0.05) is 24.7 Å². The van der Waals surface area contributed by atoms with Gasteiger partial charge in [-0.25, -0.2) is 0 Å². The highest BCUT2D eigenvalue weighted by molar-refractivity contribution is 5.94. The molecule has 0 atom stereocenters. The largest absolute Gasteiger partial charge is 0.349 e. The third-order valence-electron chi connectivity index (χ3n) is 3.03. The molecular weight excluding hydrogens is 226 g/mol. The topological polar surface area (TPSA) is 68.0 Å². The van der Waals surface area contributed by atoms with Crippen molar-refractivity contribution in [1.82, 2.24) is 10.3 Å². The van der Waals surface area contributed by atoms with Crippen molar-refractivity contribution < 1.29 is 4.79 Å². The van der Waals surface area contributed by atoms with E-state index in [-0.39, 0.29) is 5.91 Å². The number of amides is 1. The summed E-state index contributed by atoms with van der Waals surface area (Å²) in [6.45, 7) is 0.304. The molecule has 0 radical (unpaired) electrons. The highest BCUT2D eigenvalue weighted by Gasteiger charge is 2.18. The summed E-state index contributed by atoms with van der Waals surface area (Å²) in [6.07, 6.45) is 7.75. The van der Waals surface area contributed by atoms with E-state index in [9.17, 15) is 4.79 Å². The van der Waals surface area contributed by atoms with Gasteiger partial charge in [-0.2, -0.15) is 0 Å². The monoisotopic (exact) mass is 243 g/mol. The lowest BCUT2D eigenvalue weighted by Gasteiger charge is -2.11. The summed E-state index contributed by atoms with van der Waals surface area (Å²) in [6, 6.07) is 2.07. The molecule has 2 rings (SSSR count). The van der Waals surface area contributed by atoms with E-state index in [1.165, 1.54) is 12.8 Å². The highest BCUT2D eigenvalue weighted by atomic mass is 16.1. The molecule has 1 fully saturated rings. The van der Waals surface area contributed by atoms with Gasteiger partial charge in [0.2, 0.25) is 0 Å². The Labute approximate surface area is 107 Å². The van der Waals surface area contributed by atoms with Crippen LogP contribution in [-0.4, -0.2) is 23.5 Å². The fourth-order valence-electron chi connectivity index (χ4n) is 2.12. The van der Waals surface area contributed by atoms with Crippen LogP contribution in [0.4, 0.5) is 0 Å². The zero-order valence-electron chi connectivity index (χ0n) is 10.3. The Balaban J connectivity index is 2.05. The molecule has 0 aromatic carbocycles. The van der Waals surface area contributed by atoms with Crippen molar-refractivity contribution in [2.45, 2.75) is 31.7 Å². The molecule has 3 N–H and O–H groups in total. The summed E-state index contributed by atoms with van der Waals surface area (Å²) in [5.74, 6) is 5.56.